The van der Waals surface area contributed by atoms with E-state index in [9.17, 15) is 0 Å². The van der Waals surface area contributed by atoms with Crippen LogP contribution >= 0.6 is 0 Å². The van der Waals surface area contributed by atoms with Gasteiger partial charge in [0.05, 0.1) is 0 Å². The van der Waals surface area contributed by atoms with Gasteiger partial charge in [-0.15, -0.1) is 0 Å². The summed E-state index contributed by atoms with van der Waals surface area (Å²) in [5.74, 6) is 0. The normalized spacial score (nSPS) is 12.6. The summed E-state index contributed by atoms with van der Waals surface area (Å²) in [4.78, 5) is 4.19. The molecule has 108 valence electrons. The van der Waals surface area contributed by atoms with Gasteiger partial charge in [0.2, 0.25) is 0 Å². The van der Waals surface area contributed by atoms with Crippen molar-refractivity contribution in [3.05, 3.63) is 29.6 Å². The molecule has 0 radical (unpaired) electrons. The first-order valence-electron chi connectivity index (χ1n) is 7.93. The maximum Gasteiger partial charge on any atom is 0.0323 e. The van der Waals surface area contributed by atoms with Gasteiger partial charge in [0.25, 0.3) is 0 Å². The van der Waals surface area contributed by atoms with Crippen molar-refractivity contribution in [1.29, 1.82) is 0 Å². The number of aryl methyl sites for hydroxylation is 1. The van der Waals surface area contributed by atoms with Crippen molar-refractivity contribution < 1.29 is 0 Å². The van der Waals surface area contributed by atoms with Gasteiger partial charge in [-0.3, -0.25) is 4.98 Å². The molecule has 0 aromatic carbocycles. The smallest absolute Gasteiger partial charge is 0.0323 e. The van der Waals surface area contributed by atoms with E-state index in [-0.39, 0.29) is 0 Å². The van der Waals surface area contributed by atoms with E-state index in [1.165, 1.54) is 56.1 Å². The van der Waals surface area contributed by atoms with Gasteiger partial charge < -0.3 is 5.32 Å². The quantitative estimate of drug-likeness (QED) is 0.613. The first-order valence-corrected chi connectivity index (χ1v) is 7.93. The van der Waals surface area contributed by atoms with Crippen LogP contribution in [0.1, 0.15) is 76.0 Å². The van der Waals surface area contributed by atoms with Gasteiger partial charge in [-0.05, 0) is 37.1 Å². The topological polar surface area (TPSA) is 24.9 Å². The molecule has 1 unspecified atom stereocenters. The number of nitrogens with one attached hydrogen (secondary N) is 1. The summed E-state index contributed by atoms with van der Waals surface area (Å²) >= 11 is 0. The summed E-state index contributed by atoms with van der Waals surface area (Å²) in [5, 5.41) is 3.61. The average molecular weight is 262 g/mol. The van der Waals surface area contributed by atoms with Crippen LogP contribution in [0.4, 0.5) is 0 Å². The third-order valence-corrected chi connectivity index (χ3v) is 3.74. The Morgan fingerprint density at radius 2 is 1.84 bits per heavy atom. The van der Waals surface area contributed by atoms with Crippen molar-refractivity contribution >= 4 is 0 Å². The summed E-state index contributed by atoms with van der Waals surface area (Å²) in [6, 6.07) is 2.67. The van der Waals surface area contributed by atoms with Crippen molar-refractivity contribution in [1.82, 2.24) is 10.3 Å². The maximum absolute atomic E-state index is 4.19. The van der Waals surface area contributed by atoms with Gasteiger partial charge in [0.1, 0.15) is 0 Å². The molecule has 0 bridgehead atoms. The zero-order chi connectivity index (χ0) is 13.9. The van der Waals surface area contributed by atoms with Crippen molar-refractivity contribution in [2.45, 2.75) is 71.8 Å². The van der Waals surface area contributed by atoms with E-state index in [1.807, 2.05) is 12.4 Å². The molecule has 0 amide bonds. The van der Waals surface area contributed by atoms with Crippen LogP contribution in [0, 0.1) is 6.92 Å². The Hall–Kier alpha value is -0.890. The van der Waals surface area contributed by atoms with Gasteiger partial charge in [0.15, 0.2) is 0 Å². The highest BCUT2D eigenvalue weighted by Crippen LogP contribution is 2.22. The second-order valence-corrected chi connectivity index (χ2v) is 5.40. The fraction of sp³-hybridized carbons (Fsp3) is 0.706. The maximum atomic E-state index is 4.19. The molecular weight excluding hydrogens is 232 g/mol. The van der Waals surface area contributed by atoms with E-state index in [0.717, 1.165) is 6.54 Å². The summed E-state index contributed by atoms with van der Waals surface area (Å²) in [7, 11) is 0. The number of unbranched alkanes of at least 4 members (excludes halogenated alkanes) is 5. The molecule has 0 fully saturated rings. The number of hydrogen-bond donors (Lipinski definition) is 1. The van der Waals surface area contributed by atoms with Crippen molar-refractivity contribution in [2.24, 2.45) is 0 Å². The Morgan fingerprint density at radius 3 is 2.53 bits per heavy atom. The highest BCUT2D eigenvalue weighted by atomic mass is 14.9. The van der Waals surface area contributed by atoms with Gasteiger partial charge in [-0.1, -0.05) is 52.4 Å². The molecular formula is C17H30N2. The molecule has 1 rings (SSSR count). The Balaban J connectivity index is 2.39. The Kier molecular flexibility index (Phi) is 8.48. The minimum atomic E-state index is 0.499. The monoisotopic (exact) mass is 262 g/mol. The summed E-state index contributed by atoms with van der Waals surface area (Å²) in [6.07, 6.45) is 13.3. The van der Waals surface area contributed by atoms with Crippen LogP contribution in [0.3, 0.4) is 0 Å². The Morgan fingerprint density at radius 1 is 1.11 bits per heavy atom. The van der Waals surface area contributed by atoms with Crippen LogP contribution in [-0.4, -0.2) is 11.5 Å². The fourth-order valence-electron chi connectivity index (χ4n) is 2.62. The molecule has 2 nitrogen and oxygen atoms in total. The lowest BCUT2D eigenvalue weighted by molar-refractivity contribution is 0.475. The highest BCUT2D eigenvalue weighted by molar-refractivity contribution is 5.25. The number of pyridine rings is 1. The molecule has 19 heavy (non-hydrogen) atoms. The van der Waals surface area contributed by atoms with Crippen LogP contribution in [-0.2, 0) is 0 Å². The van der Waals surface area contributed by atoms with Crippen molar-refractivity contribution in [3.63, 3.8) is 0 Å². The van der Waals surface area contributed by atoms with Gasteiger partial charge in [0, 0.05) is 18.4 Å². The van der Waals surface area contributed by atoms with Crippen LogP contribution in [0.5, 0.6) is 0 Å². The zero-order valence-corrected chi connectivity index (χ0v) is 12.9. The summed E-state index contributed by atoms with van der Waals surface area (Å²) < 4.78 is 0. The number of rotatable bonds is 10. The molecule has 0 aliphatic rings. The van der Waals surface area contributed by atoms with Crippen LogP contribution in [0.25, 0.3) is 0 Å². The summed E-state index contributed by atoms with van der Waals surface area (Å²) in [6.45, 7) is 7.65. The van der Waals surface area contributed by atoms with E-state index < -0.39 is 0 Å². The molecule has 2 heteroatoms. The predicted octanol–water partition coefficient (Wildman–Crippen LogP) is 4.79. The third kappa shape index (κ3) is 6.20. The van der Waals surface area contributed by atoms with Gasteiger partial charge in [-0.25, -0.2) is 0 Å². The van der Waals surface area contributed by atoms with Gasteiger partial charge >= 0.3 is 0 Å². The highest BCUT2D eigenvalue weighted by Gasteiger charge is 2.11. The Labute approximate surface area is 119 Å². The molecule has 0 spiro atoms. The molecule has 1 atom stereocenters. The first-order chi connectivity index (χ1) is 9.29. The molecule has 1 N–H and O–H groups in total. The number of hydrogen-bond acceptors (Lipinski definition) is 2. The molecule has 1 aromatic rings. The second kappa shape index (κ2) is 9.96. The third-order valence-electron chi connectivity index (χ3n) is 3.74. The van der Waals surface area contributed by atoms with Crippen LogP contribution in [0.15, 0.2) is 18.5 Å². The van der Waals surface area contributed by atoms with E-state index in [1.54, 1.807) is 0 Å². The largest absolute Gasteiger partial charge is 0.310 e. The molecule has 1 aromatic heterocycles. The van der Waals surface area contributed by atoms with Crippen molar-refractivity contribution in [3.8, 4) is 0 Å². The van der Waals surface area contributed by atoms with E-state index in [4.69, 9.17) is 0 Å². The lowest BCUT2D eigenvalue weighted by Crippen LogP contribution is -2.21. The standard InChI is InChI=1S/C17H30N2/c1-4-6-7-8-9-10-11-17(19-5-2)16-12-13-18-14-15(16)3/h12-14,17,19H,4-11H2,1-3H3. The van der Waals surface area contributed by atoms with Crippen molar-refractivity contribution in [2.75, 3.05) is 6.54 Å². The zero-order valence-electron chi connectivity index (χ0n) is 12.9. The molecule has 0 aliphatic heterocycles. The van der Waals surface area contributed by atoms with Crippen LogP contribution < -0.4 is 5.32 Å². The Bertz CT molecular complexity index is 336. The minimum Gasteiger partial charge on any atom is -0.310 e. The molecule has 0 aliphatic carbocycles. The summed E-state index contributed by atoms with van der Waals surface area (Å²) in [5.41, 5.74) is 2.73. The average Bonchev–Trinajstić information content (AvgIpc) is 2.42. The predicted molar refractivity (Wildman–Crippen MR) is 83.4 cm³/mol. The van der Waals surface area contributed by atoms with E-state index >= 15 is 0 Å². The van der Waals surface area contributed by atoms with E-state index in [2.05, 4.69) is 37.1 Å². The second-order valence-electron chi connectivity index (χ2n) is 5.40. The van der Waals surface area contributed by atoms with Gasteiger partial charge in [-0.2, -0.15) is 0 Å². The molecule has 1 heterocycles. The minimum absolute atomic E-state index is 0.499. The number of nitrogens with zero attached hydrogens (tertiary/aromatic N) is 1. The SMILES string of the molecule is CCCCCCCCC(NCC)c1ccncc1C. The lowest BCUT2D eigenvalue weighted by atomic mass is 9.97. The molecule has 0 saturated heterocycles. The van der Waals surface area contributed by atoms with E-state index in [0.29, 0.717) is 6.04 Å². The fourth-order valence-corrected chi connectivity index (χ4v) is 2.62. The molecule has 0 saturated carbocycles. The number of aromatic nitrogens is 1. The lowest BCUT2D eigenvalue weighted by Gasteiger charge is -2.20. The first kappa shape index (κ1) is 16.2. The van der Waals surface area contributed by atoms with Crippen LogP contribution in [0.2, 0.25) is 0 Å².